The Morgan fingerprint density at radius 3 is 1.86 bits per heavy atom. The maximum atomic E-state index is 12.3. The number of anilines is 4. The van der Waals surface area contributed by atoms with Crippen molar-refractivity contribution in [3.05, 3.63) is 66.9 Å². The fourth-order valence-corrected chi connectivity index (χ4v) is 12.8. The van der Waals surface area contributed by atoms with Crippen molar-refractivity contribution in [2.24, 2.45) is 16.6 Å². The van der Waals surface area contributed by atoms with Gasteiger partial charge >= 0.3 is 13.2 Å². The van der Waals surface area contributed by atoms with E-state index in [1.54, 1.807) is 31.0 Å². The third kappa shape index (κ3) is 12.2. The Bertz CT molecular complexity index is 3160. The number of nitrogen functional groups attached to an aromatic ring is 2. The minimum Gasteiger partial charge on any atom is -0.444 e. The van der Waals surface area contributed by atoms with Crippen LogP contribution in [-0.2, 0) is 14.0 Å². The smallest absolute Gasteiger partial charge is 0.444 e. The second-order valence-electron chi connectivity index (χ2n) is 23.2. The zero-order chi connectivity index (χ0) is 55.6. The third-order valence-electron chi connectivity index (χ3n) is 16.7. The van der Waals surface area contributed by atoms with Gasteiger partial charge in [-0.2, -0.15) is 0 Å². The van der Waals surface area contributed by atoms with E-state index in [9.17, 15) is 4.79 Å². The molecule has 0 bridgehead atoms. The van der Waals surface area contributed by atoms with Gasteiger partial charge in [0.25, 0.3) is 0 Å². The predicted octanol–water partition coefficient (Wildman–Crippen LogP) is 11.5. The van der Waals surface area contributed by atoms with Crippen LogP contribution in [-0.4, -0.2) is 112 Å². The molecular weight excluding hydrogens is 1160 g/mol. The van der Waals surface area contributed by atoms with Crippen molar-refractivity contribution in [3.8, 4) is 11.1 Å². The number of carbonyl (C=O) groups is 1. The second kappa shape index (κ2) is 23.8. The van der Waals surface area contributed by atoms with Crippen LogP contribution in [0.4, 0.5) is 28.2 Å². The van der Waals surface area contributed by atoms with Crippen LogP contribution in [0.3, 0.4) is 0 Å². The first-order valence-corrected chi connectivity index (χ1v) is 28.6. The third-order valence-corrected chi connectivity index (χ3v) is 19.4. The number of hydrogen-bond donors (Lipinski definition) is 4. The number of ether oxygens (including phenoxy) is 1. The second-order valence-corrected chi connectivity index (χ2v) is 25.5. The Kier molecular flexibility index (Phi) is 18.7. The number of carbonyl (C=O) groups excluding carboxylic acids is 1. The normalized spacial score (nSPS) is 20.8. The van der Waals surface area contributed by atoms with E-state index in [2.05, 4.69) is 56.4 Å². The highest BCUT2D eigenvalue weighted by Crippen LogP contribution is 2.49. The van der Waals surface area contributed by atoms with Crippen LogP contribution in [0, 0.1) is 24.7 Å². The number of nitrogens with two attached hydrogens (primary N) is 3. The summed E-state index contributed by atoms with van der Waals surface area (Å²) in [5, 5.41) is 21.2. The van der Waals surface area contributed by atoms with Crippen LogP contribution < -0.4 is 37.8 Å². The summed E-state index contributed by atoms with van der Waals surface area (Å²) in [6, 6.07) is 3.98. The standard InChI is InChI=1S/C20H29BrN6O2.C20H24Cl2N8.C12H16BCl2NO2.2CH4/c1-13-15(21)16-25-22-12-27(16)17(23-13)26-10-8-20(9-11-26)7-5-6-14(20)24-18(28)29-19(2,3)4;1-11-14(12-9-25-17(24)16(22)15(12)21)18-28-26-10-30(18)19(27-11)29-7-5-20(6-8-29)4-2-3-13(20)23;1-11(2)12(3,4)18-13(17-11)7-5-6-8(16)10(15)9(7)14;;/h12,14H,5-11H2,1-4H3,(H,24,28);9-10,13H,2-8,23H2,1H3,(H2,24,25);5-6H,16H2,1-4H3;2*1H4/t14-;13-;;;/m11.../s1. The zero-order valence-electron chi connectivity index (χ0n) is 45.2. The SMILES string of the molecule is C.C.CC1(C)OB(c2ccc(N)c(Cl)c2Cl)OC1(C)C.Cc1nc(N2CCC3(CCC[C@H]3N)CC2)n2cnnc2c1-c1cnc(N)c(Cl)c1Cl.Cc1nc(N2CCC3(CCC[C@H]3NC(=O)OC(C)(C)C)CC2)n2cnnc2c1Br. The summed E-state index contributed by atoms with van der Waals surface area (Å²) in [5.74, 6) is 1.91. The van der Waals surface area contributed by atoms with E-state index in [-0.39, 0.29) is 48.7 Å². The Morgan fingerprint density at radius 2 is 1.29 bits per heavy atom. The molecule has 3 aliphatic heterocycles. The molecule has 8 heterocycles. The number of fused-ring (bicyclic) bond motifs is 2. The highest BCUT2D eigenvalue weighted by Gasteiger charge is 2.53. The Balaban J connectivity index is 0.000000175. The van der Waals surface area contributed by atoms with Crippen molar-refractivity contribution in [1.29, 1.82) is 0 Å². The molecule has 430 valence electrons. The van der Waals surface area contributed by atoms with Crippen LogP contribution in [0.15, 0.2) is 35.5 Å². The lowest BCUT2D eigenvalue weighted by atomic mass is 9.74. The van der Waals surface area contributed by atoms with Crippen LogP contribution in [0.5, 0.6) is 0 Å². The van der Waals surface area contributed by atoms with Gasteiger partial charge in [-0.05, 0) is 147 Å². The lowest BCUT2D eigenvalue weighted by Gasteiger charge is -2.43. The molecule has 1 amide bonds. The number of rotatable bonds is 5. The number of benzene rings is 1. The molecule has 5 aliphatic rings. The minimum atomic E-state index is -0.527. The molecule has 2 saturated carbocycles. The van der Waals surface area contributed by atoms with Crippen LogP contribution in [0.1, 0.15) is 139 Å². The van der Waals surface area contributed by atoms with E-state index in [4.69, 9.17) is 87.6 Å². The summed E-state index contributed by atoms with van der Waals surface area (Å²) in [6.07, 6.45) is 15.8. The lowest BCUT2D eigenvalue weighted by molar-refractivity contribution is 0.00578. The molecule has 25 heteroatoms. The number of piperidine rings is 2. The number of amides is 1. The van der Waals surface area contributed by atoms with Crippen molar-refractivity contribution in [2.75, 3.05) is 47.4 Å². The van der Waals surface area contributed by atoms with Crippen LogP contribution >= 0.6 is 62.3 Å². The largest absolute Gasteiger partial charge is 0.496 e. The molecule has 0 unspecified atom stereocenters. The monoisotopic (exact) mass is 1230 g/mol. The lowest BCUT2D eigenvalue weighted by Crippen LogP contribution is -2.51. The molecule has 2 spiro atoms. The van der Waals surface area contributed by atoms with E-state index < -0.39 is 23.9 Å². The highest BCUT2D eigenvalue weighted by atomic mass is 79.9. The molecule has 2 aliphatic carbocycles. The van der Waals surface area contributed by atoms with Gasteiger partial charge in [-0.1, -0.05) is 80.2 Å². The molecule has 7 N–H and O–H groups in total. The molecule has 5 aromatic heterocycles. The Hall–Kier alpha value is -4.48. The molecule has 6 aromatic rings. The van der Waals surface area contributed by atoms with Gasteiger partial charge in [-0.15, -0.1) is 20.4 Å². The summed E-state index contributed by atoms with van der Waals surface area (Å²) in [4.78, 5) is 30.8. The van der Waals surface area contributed by atoms with Gasteiger partial charge in [0.05, 0.1) is 53.4 Å². The molecule has 3 saturated heterocycles. The summed E-state index contributed by atoms with van der Waals surface area (Å²) >= 11 is 28.5. The summed E-state index contributed by atoms with van der Waals surface area (Å²) in [6.45, 7) is 21.2. The summed E-state index contributed by atoms with van der Waals surface area (Å²) in [5.41, 5.74) is 22.8. The number of nitrogens with zero attached hydrogens (tertiary/aromatic N) is 11. The maximum absolute atomic E-state index is 12.3. The van der Waals surface area contributed by atoms with E-state index in [0.29, 0.717) is 43.5 Å². The van der Waals surface area contributed by atoms with Crippen molar-refractivity contribution in [1.82, 2.24) is 49.5 Å². The van der Waals surface area contributed by atoms with Crippen LogP contribution in [0.2, 0.25) is 20.1 Å². The number of halogens is 5. The van der Waals surface area contributed by atoms with Crippen LogP contribution in [0.25, 0.3) is 22.4 Å². The molecule has 5 fully saturated rings. The molecule has 1 aromatic carbocycles. The van der Waals surface area contributed by atoms with Crippen molar-refractivity contribution in [3.63, 3.8) is 0 Å². The maximum Gasteiger partial charge on any atom is 0.496 e. The number of alkyl carbamates (subject to hydrolysis) is 1. The van der Waals surface area contributed by atoms with Gasteiger partial charge in [0.15, 0.2) is 11.3 Å². The van der Waals surface area contributed by atoms with Gasteiger partial charge in [0.2, 0.25) is 11.9 Å². The Labute approximate surface area is 493 Å². The molecule has 19 nitrogen and oxygen atoms in total. The fraction of sp³-hybridized carbons (Fsp3) is 0.593. The van der Waals surface area contributed by atoms with Crippen molar-refractivity contribution < 1.29 is 18.8 Å². The average molecular weight is 1230 g/mol. The predicted molar refractivity (Wildman–Crippen MR) is 323 cm³/mol. The molecule has 0 radical (unpaired) electrons. The quantitative estimate of drug-likeness (QED) is 0.0927. The van der Waals surface area contributed by atoms with Gasteiger partial charge in [-0.3, -0.25) is 4.40 Å². The molecular formula is C54H77BBrCl4N15O4. The highest BCUT2D eigenvalue weighted by molar-refractivity contribution is 9.10. The number of aryl methyl sites for hydroxylation is 2. The van der Waals surface area contributed by atoms with E-state index in [0.717, 1.165) is 117 Å². The number of nitrogens with one attached hydrogen (secondary N) is 1. The van der Waals surface area contributed by atoms with E-state index in [1.165, 1.54) is 12.8 Å². The minimum absolute atomic E-state index is 0. The van der Waals surface area contributed by atoms with E-state index in [1.807, 2.05) is 71.1 Å². The topological polar surface area (TPSA) is 240 Å². The van der Waals surface area contributed by atoms with E-state index >= 15 is 0 Å². The first kappa shape index (κ1) is 62.1. The number of aromatic nitrogens is 9. The zero-order valence-corrected chi connectivity index (χ0v) is 49.8. The van der Waals surface area contributed by atoms with Crippen molar-refractivity contribution in [2.45, 2.75) is 170 Å². The van der Waals surface area contributed by atoms with Gasteiger partial charge in [0, 0.05) is 55.5 Å². The summed E-state index contributed by atoms with van der Waals surface area (Å²) in [7, 11) is -0.527. The number of hydrogen-bond acceptors (Lipinski definition) is 16. The Morgan fingerprint density at radius 1 is 0.759 bits per heavy atom. The number of pyridine rings is 1. The molecule has 2 atom stereocenters. The fourth-order valence-electron chi connectivity index (χ4n) is 11.6. The molecule has 79 heavy (non-hydrogen) atoms. The van der Waals surface area contributed by atoms with Gasteiger partial charge < -0.3 is 46.4 Å². The first-order chi connectivity index (χ1) is 36.2. The van der Waals surface area contributed by atoms with Crippen molar-refractivity contribution >= 4 is 116 Å². The average Bonchev–Trinajstić information content (AvgIpc) is 4.27. The van der Waals surface area contributed by atoms with Gasteiger partial charge in [-0.25, -0.2) is 24.1 Å². The first-order valence-electron chi connectivity index (χ1n) is 26.3. The molecule has 11 rings (SSSR count). The summed E-state index contributed by atoms with van der Waals surface area (Å²) < 4.78 is 22.1. The van der Waals surface area contributed by atoms with Gasteiger partial charge in [0.1, 0.15) is 29.1 Å².